The summed E-state index contributed by atoms with van der Waals surface area (Å²) in [6.07, 6.45) is 10.1. The molecule has 2 nitrogen and oxygen atoms in total. The second-order valence-electron chi connectivity index (χ2n) is 6.99. The minimum Gasteiger partial charge on any atom is -0.467 e. The second-order valence-corrected chi connectivity index (χ2v) is 6.99. The summed E-state index contributed by atoms with van der Waals surface area (Å²) < 4.78 is 11.0. The number of benzene rings is 2. The summed E-state index contributed by atoms with van der Waals surface area (Å²) in [5.41, 5.74) is 9.06. The Labute approximate surface area is 158 Å². The third-order valence-corrected chi connectivity index (χ3v) is 5.46. The molecule has 0 atom stereocenters. The van der Waals surface area contributed by atoms with Gasteiger partial charge in [0.2, 0.25) is 0 Å². The molecule has 140 valence electrons. The minimum absolute atomic E-state index is 0.300. The Bertz CT molecular complexity index is 699. The van der Waals surface area contributed by atoms with Gasteiger partial charge in [0.05, 0.1) is 0 Å². The first-order chi connectivity index (χ1) is 12.9. The van der Waals surface area contributed by atoms with Gasteiger partial charge in [-0.25, -0.2) is 0 Å². The first-order valence-corrected chi connectivity index (χ1v) is 10.3. The van der Waals surface area contributed by atoms with E-state index < -0.39 is 0 Å². The Morgan fingerprint density at radius 2 is 1.38 bits per heavy atom. The summed E-state index contributed by atoms with van der Waals surface area (Å²) >= 11 is 0. The highest BCUT2D eigenvalue weighted by Gasteiger charge is 2.24. The average molecular weight is 353 g/mol. The number of aryl methyl sites for hydroxylation is 2. The van der Waals surface area contributed by atoms with Crippen LogP contribution >= 0.6 is 0 Å². The standard InChI is InChI=1S/C22H26O2.C2H6/c1-23-15-24-21-13-7-6-12-20(21)22-18-10-4-2-8-16(18)14-17-9-3-5-11-19(17)22;1-2/h6-7,12-14H,2-5,8-11,15H2,1H3;1-2H3. The van der Waals surface area contributed by atoms with Gasteiger partial charge in [-0.2, -0.15) is 0 Å². The van der Waals surface area contributed by atoms with Crippen LogP contribution in [0.2, 0.25) is 0 Å². The molecule has 0 amide bonds. The zero-order valence-corrected chi connectivity index (χ0v) is 16.6. The van der Waals surface area contributed by atoms with Gasteiger partial charge in [-0.05, 0) is 85.3 Å². The van der Waals surface area contributed by atoms with Crippen molar-refractivity contribution < 1.29 is 9.47 Å². The van der Waals surface area contributed by atoms with Gasteiger partial charge in [0.15, 0.2) is 6.79 Å². The maximum absolute atomic E-state index is 5.90. The first-order valence-electron chi connectivity index (χ1n) is 10.3. The molecule has 0 aromatic heterocycles. The molecule has 2 heteroatoms. The Balaban J connectivity index is 0.000000948. The monoisotopic (exact) mass is 352 g/mol. The molecule has 0 unspecified atom stereocenters. The quantitative estimate of drug-likeness (QED) is 0.617. The van der Waals surface area contributed by atoms with Gasteiger partial charge in [0.25, 0.3) is 0 Å². The molecule has 0 N–H and O–H groups in total. The average Bonchev–Trinajstić information content (AvgIpc) is 2.72. The van der Waals surface area contributed by atoms with Crippen LogP contribution in [0.4, 0.5) is 0 Å². The highest BCUT2D eigenvalue weighted by Crippen LogP contribution is 2.42. The fraction of sp³-hybridized carbons (Fsp3) is 0.500. The van der Waals surface area contributed by atoms with E-state index in [1.807, 2.05) is 13.8 Å². The topological polar surface area (TPSA) is 18.5 Å². The molecule has 0 aliphatic heterocycles. The van der Waals surface area contributed by atoms with Crippen molar-refractivity contribution in [1.82, 2.24) is 0 Å². The molecule has 0 saturated heterocycles. The minimum atomic E-state index is 0.300. The van der Waals surface area contributed by atoms with Gasteiger partial charge in [0.1, 0.15) is 5.75 Å². The fourth-order valence-corrected chi connectivity index (χ4v) is 4.39. The lowest BCUT2D eigenvalue weighted by Crippen LogP contribution is -2.13. The number of ether oxygens (including phenoxy) is 2. The largest absolute Gasteiger partial charge is 0.467 e. The molecule has 4 rings (SSSR count). The second kappa shape index (κ2) is 9.23. The smallest absolute Gasteiger partial charge is 0.188 e. The van der Waals surface area contributed by atoms with Gasteiger partial charge >= 0.3 is 0 Å². The Morgan fingerprint density at radius 1 is 0.808 bits per heavy atom. The summed E-state index contributed by atoms with van der Waals surface area (Å²) in [4.78, 5) is 0. The van der Waals surface area contributed by atoms with E-state index in [0.29, 0.717) is 6.79 Å². The third kappa shape index (κ3) is 3.81. The van der Waals surface area contributed by atoms with Gasteiger partial charge in [0, 0.05) is 12.7 Å². The maximum atomic E-state index is 5.90. The third-order valence-electron chi connectivity index (χ3n) is 5.46. The van der Waals surface area contributed by atoms with Gasteiger partial charge < -0.3 is 9.47 Å². The molecule has 26 heavy (non-hydrogen) atoms. The molecule has 2 aromatic rings. The van der Waals surface area contributed by atoms with Gasteiger partial charge in [-0.15, -0.1) is 0 Å². The number of fused-ring (bicyclic) bond motifs is 2. The lowest BCUT2D eigenvalue weighted by molar-refractivity contribution is 0.0515. The predicted octanol–water partition coefficient (Wildman–Crippen LogP) is 6.12. The number of hydrogen-bond acceptors (Lipinski definition) is 2. The molecule has 2 aliphatic carbocycles. The van der Waals surface area contributed by atoms with Crippen molar-refractivity contribution in [2.45, 2.75) is 65.2 Å². The normalized spacial score (nSPS) is 15.3. The molecular formula is C24H32O2. The van der Waals surface area contributed by atoms with Crippen LogP contribution in [-0.2, 0) is 30.4 Å². The number of rotatable bonds is 4. The first kappa shape index (κ1) is 19.0. The Kier molecular flexibility index (Phi) is 6.73. The fourth-order valence-electron chi connectivity index (χ4n) is 4.39. The molecule has 0 fully saturated rings. The molecule has 2 aromatic carbocycles. The summed E-state index contributed by atoms with van der Waals surface area (Å²) in [7, 11) is 1.68. The SMILES string of the molecule is CC.COCOc1ccccc1-c1c2c(cc3c1CCCC3)CCCC2. The van der Waals surface area contributed by atoms with Crippen LogP contribution < -0.4 is 4.74 Å². The van der Waals surface area contributed by atoms with E-state index in [1.165, 1.54) is 62.5 Å². The van der Waals surface area contributed by atoms with Crippen molar-refractivity contribution in [3.8, 4) is 16.9 Å². The Morgan fingerprint density at radius 3 is 2.00 bits per heavy atom. The van der Waals surface area contributed by atoms with Crippen LogP contribution in [0.5, 0.6) is 5.75 Å². The summed E-state index contributed by atoms with van der Waals surface area (Å²) in [6, 6.07) is 11.0. The molecular weight excluding hydrogens is 320 g/mol. The van der Waals surface area contributed by atoms with E-state index in [1.54, 1.807) is 29.4 Å². The zero-order chi connectivity index (χ0) is 18.4. The molecule has 0 bridgehead atoms. The number of para-hydroxylation sites is 1. The summed E-state index contributed by atoms with van der Waals surface area (Å²) in [6.45, 7) is 4.30. The van der Waals surface area contributed by atoms with E-state index in [4.69, 9.17) is 9.47 Å². The van der Waals surface area contributed by atoms with E-state index in [-0.39, 0.29) is 0 Å². The van der Waals surface area contributed by atoms with Gasteiger partial charge in [-0.1, -0.05) is 38.1 Å². The zero-order valence-electron chi connectivity index (χ0n) is 16.6. The lowest BCUT2D eigenvalue weighted by atomic mass is 9.77. The highest BCUT2D eigenvalue weighted by atomic mass is 16.7. The van der Waals surface area contributed by atoms with Crippen molar-refractivity contribution >= 4 is 0 Å². The highest BCUT2D eigenvalue weighted by molar-refractivity contribution is 5.79. The number of hydrogen-bond donors (Lipinski definition) is 0. The van der Waals surface area contributed by atoms with E-state index in [2.05, 4.69) is 30.3 Å². The van der Waals surface area contributed by atoms with Crippen LogP contribution in [0, 0.1) is 0 Å². The summed E-state index contributed by atoms with van der Waals surface area (Å²) in [5.74, 6) is 0.950. The molecule has 0 saturated carbocycles. The van der Waals surface area contributed by atoms with Crippen molar-refractivity contribution in [3.63, 3.8) is 0 Å². The molecule has 2 aliphatic rings. The van der Waals surface area contributed by atoms with Crippen LogP contribution in [0.3, 0.4) is 0 Å². The van der Waals surface area contributed by atoms with Crippen molar-refractivity contribution in [2.24, 2.45) is 0 Å². The van der Waals surface area contributed by atoms with Gasteiger partial charge in [-0.3, -0.25) is 0 Å². The molecule has 0 spiro atoms. The van der Waals surface area contributed by atoms with E-state index in [0.717, 1.165) is 5.75 Å². The van der Waals surface area contributed by atoms with E-state index >= 15 is 0 Å². The van der Waals surface area contributed by atoms with Crippen molar-refractivity contribution in [3.05, 3.63) is 52.6 Å². The number of methoxy groups -OCH3 is 1. The Hall–Kier alpha value is -1.80. The molecule has 0 radical (unpaired) electrons. The van der Waals surface area contributed by atoms with Crippen molar-refractivity contribution in [2.75, 3.05) is 13.9 Å². The van der Waals surface area contributed by atoms with E-state index in [9.17, 15) is 0 Å². The lowest BCUT2D eigenvalue weighted by Gasteiger charge is -2.28. The molecule has 0 heterocycles. The predicted molar refractivity (Wildman–Crippen MR) is 109 cm³/mol. The summed E-state index contributed by atoms with van der Waals surface area (Å²) in [5, 5.41) is 0. The van der Waals surface area contributed by atoms with Crippen LogP contribution in [0.1, 0.15) is 61.8 Å². The van der Waals surface area contributed by atoms with Crippen LogP contribution in [0.25, 0.3) is 11.1 Å². The van der Waals surface area contributed by atoms with Crippen LogP contribution in [-0.4, -0.2) is 13.9 Å². The van der Waals surface area contributed by atoms with Crippen LogP contribution in [0.15, 0.2) is 30.3 Å². The van der Waals surface area contributed by atoms with Crippen molar-refractivity contribution in [1.29, 1.82) is 0 Å². The maximum Gasteiger partial charge on any atom is 0.188 e.